The molecule has 0 bridgehead atoms. The first-order valence-corrected chi connectivity index (χ1v) is 30.3. The molecule has 4 aromatic carbocycles. The number of carbonyl (C=O) groups is 4. The maximum absolute atomic E-state index is 13.6. The van der Waals surface area contributed by atoms with Gasteiger partial charge in [-0.2, -0.15) is 9.97 Å². The molecule has 0 radical (unpaired) electrons. The van der Waals surface area contributed by atoms with Gasteiger partial charge in [-0.05, 0) is 107 Å². The Bertz CT molecular complexity index is 3500. The molecule has 0 unspecified atom stereocenters. The van der Waals surface area contributed by atoms with Crippen LogP contribution in [-0.4, -0.2) is 234 Å². The van der Waals surface area contributed by atoms with Crippen molar-refractivity contribution >= 4 is 81.3 Å². The summed E-state index contributed by atoms with van der Waals surface area (Å²) in [4.78, 5) is 97.2. The van der Waals surface area contributed by atoms with E-state index >= 15 is 0 Å². The molecule has 8 heterocycles. The number of aromatic nitrogens is 4. The van der Waals surface area contributed by atoms with Crippen molar-refractivity contribution in [3.8, 4) is 11.5 Å². The first-order valence-electron chi connectivity index (χ1n) is 30.3. The Morgan fingerprint density at radius 3 is 1.34 bits per heavy atom. The molecule has 4 fully saturated rings. The third-order valence-electron chi connectivity index (χ3n) is 18.4. The van der Waals surface area contributed by atoms with Gasteiger partial charge in [-0.25, -0.2) is 9.97 Å². The molecule has 0 saturated carbocycles. The van der Waals surface area contributed by atoms with Crippen molar-refractivity contribution in [1.82, 2.24) is 49.3 Å². The molecule has 12 rings (SSSR count). The van der Waals surface area contributed by atoms with E-state index in [1.165, 1.54) is 0 Å². The fraction of sp³-hybridized carbons (Fsp3) is 0.446. The van der Waals surface area contributed by atoms with Gasteiger partial charge in [0.05, 0.1) is 60.5 Å². The van der Waals surface area contributed by atoms with Crippen LogP contribution in [0.2, 0.25) is 0 Å². The molecule has 0 aliphatic carbocycles. The lowest BCUT2D eigenvalue weighted by molar-refractivity contribution is 0.0513. The van der Waals surface area contributed by atoms with Gasteiger partial charge >= 0.3 is 0 Å². The van der Waals surface area contributed by atoms with E-state index < -0.39 is 0 Å². The van der Waals surface area contributed by atoms with Gasteiger partial charge in [0, 0.05) is 144 Å². The number of benzene rings is 4. The van der Waals surface area contributed by atoms with Crippen LogP contribution in [0.3, 0.4) is 0 Å². The molecular formula is C65H82N16O6. The molecule has 22 nitrogen and oxygen atoms in total. The van der Waals surface area contributed by atoms with Crippen molar-refractivity contribution in [2.24, 2.45) is 0 Å². The minimum Gasteiger partial charge on any atom is -0.495 e. The molecule has 0 spiro atoms. The topological polar surface area (TPSA) is 177 Å². The summed E-state index contributed by atoms with van der Waals surface area (Å²) in [6.07, 6.45) is 7.38. The highest BCUT2D eigenvalue weighted by atomic mass is 16.5. The lowest BCUT2D eigenvalue weighted by Gasteiger charge is -2.42. The Morgan fingerprint density at radius 2 is 0.908 bits per heavy atom. The van der Waals surface area contributed by atoms with Crippen LogP contribution in [0.4, 0.5) is 57.7 Å². The van der Waals surface area contributed by atoms with E-state index in [0.717, 1.165) is 127 Å². The lowest BCUT2D eigenvalue weighted by atomic mass is 10.0. The molecule has 458 valence electrons. The summed E-state index contributed by atoms with van der Waals surface area (Å²) in [7, 11) is 16.7. The second-order valence-electron chi connectivity index (χ2n) is 23.4. The standard InChI is InChI=1S/C33H42N8O3.C32H40N8O3/c1-6-41(33-34-22-28-30(35-33)37(3)26-10-8-7-9-25(26)32(43)38(28)4)27-12-11-23(21-29(27)44-5)31(42)40-15-13-24(14-16-40)39-19-17-36(2)18-20-39;1-35-16-18-39(19-17-35)23-12-14-40(15-13-23)30(41)22-10-11-26(28(20-22)43-5)38(4)32-33-21-27-29(34-32)36(2)25-9-7-6-8-24(25)31(42)37(27)3/h7-12,21-22,24H,6,13-20H2,1-5H3;6-11,20-21,23H,12-19H2,1-5H3. The number of anilines is 10. The Hall–Kier alpha value is -8.44. The summed E-state index contributed by atoms with van der Waals surface area (Å²) < 4.78 is 11.6. The zero-order chi connectivity index (χ0) is 61.2. The molecule has 2 aromatic heterocycles. The molecule has 0 N–H and O–H groups in total. The van der Waals surface area contributed by atoms with Crippen LogP contribution in [0.15, 0.2) is 97.3 Å². The molecule has 0 atom stereocenters. The third-order valence-corrected chi connectivity index (χ3v) is 18.4. The number of hydrogen-bond acceptors (Lipinski definition) is 18. The van der Waals surface area contributed by atoms with Gasteiger partial charge in [-0.3, -0.25) is 29.0 Å². The first kappa shape index (κ1) is 60.3. The highest BCUT2D eigenvalue weighted by Crippen LogP contribution is 2.43. The van der Waals surface area contributed by atoms with Gasteiger partial charge < -0.3 is 58.5 Å². The number of piperidine rings is 2. The van der Waals surface area contributed by atoms with E-state index in [1.807, 2.05) is 136 Å². The van der Waals surface area contributed by atoms with E-state index in [-0.39, 0.29) is 23.6 Å². The number of amides is 4. The number of piperazine rings is 2. The van der Waals surface area contributed by atoms with Gasteiger partial charge in [-0.1, -0.05) is 24.3 Å². The zero-order valence-electron chi connectivity index (χ0n) is 52.0. The minimum absolute atomic E-state index is 0.0265. The van der Waals surface area contributed by atoms with Crippen LogP contribution < -0.4 is 38.9 Å². The van der Waals surface area contributed by atoms with Crippen LogP contribution in [-0.2, 0) is 0 Å². The molecule has 6 aliphatic heterocycles. The number of carbonyl (C=O) groups excluding carboxylic acids is 4. The Kier molecular flexibility index (Phi) is 17.9. The van der Waals surface area contributed by atoms with Crippen molar-refractivity contribution in [1.29, 1.82) is 0 Å². The molecule has 87 heavy (non-hydrogen) atoms. The Balaban J connectivity index is 0.000000180. The predicted octanol–water partition coefficient (Wildman–Crippen LogP) is 7.32. The highest BCUT2D eigenvalue weighted by molar-refractivity contribution is 6.14. The molecule has 4 amide bonds. The lowest BCUT2D eigenvalue weighted by Crippen LogP contribution is -2.52. The summed E-state index contributed by atoms with van der Waals surface area (Å²) in [5.74, 6) is 3.12. The molecule has 6 aliphatic rings. The van der Waals surface area contributed by atoms with Gasteiger partial charge in [0.25, 0.3) is 23.6 Å². The summed E-state index contributed by atoms with van der Waals surface area (Å²) in [6, 6.07) is 27.3. The summed E-state index contributed by atoms with van der Waals surface area (Å²) in [6.45, 7) is 14.5. The van der Waals surface area contributed by atoms with E-state index in [1.54, 1.807) is 56.6 Å². The van der Waals surface area contributed by atoms with Crippen LogP contribution in [0.5, 0.6) is 11.5 Å². The second kappa shape index (κ2) is 25.9. The van der Waals surface area contributed by atoms with Gasteiger partial charge in [-0.15, -0.1) is 0 Å². The van der Waals surface area contributed by atoms with Crippen molar-refractivity contribution in [2.75, 3.05) is 178 Å². The van der Waals surface area contributed by atoms with E-state index in [9.17, 15) is 19.2 Å². The third kappa shape index (κ3) is 12.1. The number of nitrogens with zero attached hydrogens (tertiary/aromatic N) is 16. The fourth-order valence-electron chi connectivity index (χ4n) is 12.9. The normalized spacial score (nSPS) is 18.2. The van der Waals surface area contributed by atoms with E-state index in [4.69, 9.17) is 19.4 Å². The SMILES string of the molecule is CCN(c1ncc2c(n1)N(C)c1ccccc1C(=O)N2C)c1ccc(C(=O)N2CCC(N3CCN(C)CC3)CC2)cc1OC.COc1cc(C(=O)N2CCC(N3CCN(C)CC3)CC2)ccc1N(C)c1ncc2c(n1)N(C)c1ccccc1C(=O)N2C. The van der Waals surface area contributed by atoms with Crippen molar-refractivity contribution < 1.29 is 28.7 Å². The molecule has 4 saturated heterocycles. The maximum Gasteiger partial charge on any atom is 0.260 e. The molecular weight excluding hydrogens is 1100 g/mol. The van der Waals surface area contributed by atoms with Crippen LogP contribution in [0, 0.1) is 0 Å². The quantitative estimate of drug-likeness (QED) is 0.126. The number of para-hydroxylation sites is 2. The smallest absolute Gasteiger partial charge is 0.260 e. The fourth-order valence-corrected chi connectivity index (χ4v) is 12.9. The van der Waals surface area contributed by atoms with Crippen molar-refractivity contribution in [2.45, 2.75) is 44.7 Å². The second-order valence-corrected chi connectivity index (χ2v) is 23.4. The van der Waals surface area contributed by atoms with E-state index in [2.05, 4.69) is 43.7 Å². The van der Waals surface area contributed by atoms with Gasteiger partial charge in [0.2, 0.25) is 11.9 Å². The minimum atomic E-state index is -0.114. The number of ether oxygens (including phenoxy) is 2. The van der Waals surface area contributed by atoms with Crippen molar-refractivity contribution in [3.63, 3.8) is 0 Å². The number of rotatable bonds is 11. The van der Waals surface area contributed by atoms with E-state index in [0.29, 0.717) is 87.3 Å². The monoisotopic (exact) mass is 1180 g/mol. The summed E-state index contributed by atoms with van der Waals surface area (Å²) in [5.41, 5.74) is 6.71. The number of likely N-dealkylation sites (tertiary alicyclic amines) is 2. The maximum atomic E-state index is 13.6. The van der Waals surface area contributed by atoms with Gasteiger partial charge in [0.1, 0.15) is 22.9 Å². The molecule has 22 heteroatoms. The van der Waals surface area contributed by atoms with Crippen LogP contribution in [0.1, 0.15) is 74.0 Å². The first-order chi connectivity index (χ1) is 42.1. The number of methoxy groups -OCH3 is 2. The van der Waals surface area contributed by atoms with Crippen molar-refractivity contribution in [3.05, 3.63) is 120 Å². The predicted molar refractivity (Wildman–Crippen MR) is 341 cm³/mol. The highest BCUT2D eigenvalue weighted by Gasteiger charge is 2.35. The Morgan fingerprint density at radius 1 is 0.506 bits per heavy atom. The number of fused-ring (bicyclic) bond motifs is 4. The van der Waals surface area contributed by atoms with Crippen LogP contribution >= 0.6 is 0 Å². The largest absolute Gasteiger partial charge is 0.495 e. The summed E-state index contributed by atoms with van der Waals surface area (Å²) in [5, 5.41) is 0. The van der Waals surface area contributed by atoms with Crippen LogP contribution in [0.25, 0.3) is 0 Å². The average molecular weight is 1180 g/mol. The number of likely N-dealkylation sites (N-methyl/N-ethyl adjacent to an activating group) is 2. The summed E-state index contributed by atoms with van der Waals surface area (Å²) >= 11 is 0. The number of hydrogen-bond donors (Lipinski definition) is 0. The zero-order valence-corrected chi connectivity index (χ0v) is 52.0. The Labute approximate surface area is 511 Å². The average Bonchev–Trinajstić information content (AvgIpc) is 3.93. The van der Waals surface area contributed by atoms with Gasteiger partial charge in [0.15, 0.2) is 11.6 Å². The molecule has 6 aromatic rings.